The Labute approximate surface area is 136 Å². The lowest BCUT2D eigenvalue weighted by Crippen LogP contribution is -2.89. The smallest absolute Gasteiger partial charge is 0.287 e. The van der Waals surface area contributed by atoms with Gasteiger partial charge in [-0.25, -0.2) is 0 Å². The van der Waals surface area contributed by atoms with Gasteiger partial charge in [0.15, 0.2) is 12.6 Å². The second-order valence-electron chi connectivity index (χ2n) is 5.36. The molecule has 2 amide bonds. The molecule has 0 unspecified atom stereocenters. The van der Waals surface area contributed by atoms with Gasteiger partial charge in [0.1, 0.15) is 0 Å². The van der Waals surface area contributed by atoms with Crippen molar-refractivity contribution in [3.8, 4) is 0 Å². The van der Waals surface area contributed by atoms with Crippen molar-refractivity contribution in [1.82, 2.24) is 5.32 Å². The van der Waals surface area contributed by atoms with E-state index in [0.29, 0.717) is 0 Å². The number of anilines is 1. The molecule has 0 fully saturated rings. The summed E-state index contributed by atoms with van der Waals surface area (Å²) in [5, 5.41) is 7.21. The molecular weight excluding hydrogens is 290 g/mol. The van der Waals surface area contributed by atoms with Crippen LogP contribution >= 0.6 is 0 Å². The Bertz CT molecular complexity index is 654. The number of hydrogen-bond acceptors (Lipinski definition) is 2. The molecule has 0 saturated carbocycles. The van der Waals surface area contributed by atoms with Gasteiger partial charge in [-0.1, -0.05) is 48.0 Å². The van der Waals surface area contributed by atoms with Gasteiger partial charge in [0.25, 0.3) is 11.8 Å². The van der Waals surface area contributed by atoms with Crippen molar-refractivity contribution < 1.29 is 14.9 Å². The number of amides is 2. The largest absolute Gasteiger partial charge is 0.354 e. The van der Waals surface area contributed by atoms with Crippen molar-refractivity contribution in [1.29, 1.82) is 0 Å². The Morgan fingerprint density at radius 1 is 1.04 bits per heavy atom. The number of nitrogens with two attached hydrogens (primary N) is 1. The number of rotatable bonds is 6. The van der Waals surface area contributed by atoms with E-state index in [2.05, 4.69) is 10.6 Å². The van der Waals surface area contributed by atoms with Crippen LogP contribution in [0.4, 0.5) is 5.69 Å². The van der Waals surface area contributed by atoms with Crippen LogP contribution in [0.2, 0.25) is 0 Å². The van der Waals surface area contributed by atoms with E-state index >= 15 is 0 Å². The van der Waals surface area contributed by atoms with Gasteiger partial charge in [0, 0.05) is 18.3 Å². The zero-order chi connectivity index (χ0) is 16.7. The number of carbonyl (C=O) groups is 2. The van der Waals surface area contributed by atoms with Gasteiger partial charge in [-0.15, -0.1) is 0 Å². The summed E-state index contributed by atoms with van der Waals surface area (Å²) in [6.45, 7) is 2.19. The minimum absolute atomic E-state index is 0.117. The Kier molecular flexibility index (Phi) is 5.88. The monoisotopic (exact) mass is 312 g/mol. The van der Waals surface area contributed by atoms with Crippen molar-refractivity contribution in [2.24, 2.45) is 0 Å². The van der Waals surface area contributed by atoms with Crippen molar-refractivity contribution in [3.63, 3.8) is 0 Å². The van der Waals surface area contributed by atoms with Crippen LogP contribution in [-0.2, 0) is 9.59 Å². The van der Waals surface area contributed by atoms with Crippen molar-refractivity contribution in [2.45, 2.75) is 13.0 Å². The van der Waals surface area contributed by atoms with Gasteiger partial charge in [-0.2, -0.15) is 0 Å². The van der Waals surface area contributed by atoms with Gasteiger partial charge in [-0.3, -0.25) is 9.59 Å². The predicted molar refractivity (Wildman–Crippen MR) is 89.9 cm³/mol. The average Bonchev–Trinajstić information content (AvgIpc) is 2.58. The number of benzene rings is 2. The molecule has 0 spiro atoms. The highest BCUT2D eigenvalue weighted by molar-refractivity contribution is 5.94. The zero-order valence-electron chi connectivity index (χ0n) is 13.4. The van der Waals surface area contributed by atoms with Crippen LogP contribution < -0.4 is 16.0 Å². The van der Waals surface area contributed by atoms with E-state index in [4.69, 9.17) is 0 Å². The summed E-state index contributed by atoms with van der Waals surface area (Å²) in [5.74, 6) is -0.266. The first-order valence-corrected chi connectivity index (χ1v) is 7.56. The Hall–Kier alpha value is -2.66. The molecule has 1 atom stereocenters. The van der Waals surface area contributed by atoms with Gasteiger partial charge in [0.05, 0.1) is 0 Å². The topological polar surface area (TPSA) is 74.8 Å². The third-order valence-corrected chi connectivity index (χ3v) is 3.58. The Morgan fingerprint density at radius 2 is 1.70 bits per heavy atom. The first-order valence-electron chi connectivity index (χ1n) is 7.56. The molecule has 0 aliphatic heterocycles. The van der Waals surface area contributed by atoms with Gasteiger partial charge < -0.3 is 16.0 Å². The van der Waals surface area contributed by atoms with E-state index in [-0.39, 0.29) is 18.4 Å². The number of aryl methyl sites for hydroxylation is 1. The molecule has 2 aromatic carbocycles. The van der Waals surface area contributed by atoms with E-state index in [1.807, 2.05) is 61.5 Å². The quantitative estimate of drug-likeness (QED) is 0.744. The minimum Gasteiger partial charge on any atom is -0.354 e. The van der Waals surface area contributed by atoms with Crippen molar-refractivity contribution >= 4 is 17.5 Å². The van der Waals surface area contributed by atoms with Gasteiger partial charge in [0.2, 0.25) is 0 Å². The molecule has 0 saturated heterocycles. The third kappa shape index (κ3) is 4.93. The van der Waals surface area contributed by atoms with Crippen LogP contribution in [0.25, 0.3) is 0 Å². The van der Waals surface area contributed by atoms with E-state index in [0.717, 1.165) is 16.8 Å². The fourth-order valence-corrected chi connectivity index (χ4v) is 2.24. The zero-order valence-corrected chi connectivity index (χ0v) is 13.4. The lowest BCUT2D eigenvalue weighted by atomic mass is 10.1. The van der Waals surface area contributed by atoms with E-state index in [1.165, 1.54) is 0 Å². The maximum Gasteiger partial charge on any atom is 0.287 e. The van der Waals surface area contributed by atoms with Crippen LogP contribution in [0.15, 0.2) is 54.6 Å². The fraction of sp³-hybridized carbons (Fsp3) is 0.222. The second kappa shape index (κ2) is 8.10. The second-order valence-corrected chi connectivity index (χ2v) is 5.36. The molecule has 0 aliphatic rings. The summed E-state index contributed by atoms with van der Waals surface area (Å²) in [6.07, 6.45) is 0. The molecule has 2 rings (SSSR count). The maximum atomic E-state index is 12.6. The molecule has 0 heterocycles. The lowest BCUT2D eigenvalue weighted by Gasteiger charge is -2.15. The van der Waals surface area contributed by atoms with Crippen LogP contribution in [0, 0.1) is 6.92 Å². The molecule has 5 nitrogen and oxygen atoms in total. The highest BCUT2D eigenvalue weighted by atomic mass is 16.2. The number of quaternary nitrogens is 1. The minimum atomic E-state index is -0.477. The van der Waals surface area contributed by atoms with E-state index in [1.54, 1.807) is 12.4 Å². The first-order chi connectivity index (χ1) is 11.1. The molecule has 0 radical (unpaired) electrons. The number of hydrogen-bond donors (Lipinski definition) is 3. The summed E-state index contributed by atoms with van der Waals surface area (Å²) >= 11 is 0. The summed E-state index contributed by atoms with van der Waals surface area (Å²) in [6, 6.07) is 16.6. The van der Waals surface area contributed by atoms with Crippen LogP contribution in [0.5, 0.6) is 0 Å². The molecule has 0 aliphatic carbocycles. The normalized spacial score (nSPS) is 11.6. The molecule has 120 valence electrons. The third-order valence-electron chi connectivity index (χ3n) is 3.58. The molecule has 4 N–H and O–H groups in total. The highest BCUT2D eigenvalue weighted by Gasteiger charge is 2.24. The molecule has 0 aromatic heterocycles. The van der Waals surface area contributed by atoms with Crippen molar-refractivity contribution in [2.75, 3.05) is 18.9 Å². The summed E-state index contributed by atoms with van der Waals surface area (Å²) in [5.41, 5.74) is 2.74. The first kappa shape index (κ1) is 16.7. The molecular formula is C18H22N3O2+. The fourth-order valence-electron chi connectivity index (χ4n) is 2.24. The SMILES string of the molecule is CNC(=O)C[NH2+][C@H](C(=O)Nc1ccc(C)cc1)c1ccccc1. The predicted octanol–water partition coefficient (Wildman–Crippen LogP) is 0.984. The van der Waals surface area contributed by atoms with Crippen LogP contribution in [0.3, 0.4) is 0 Å². The van der Waals surface area contributed by atoms with E-state index < -0.39 is 6.04 Å². The lowest BCUT2D eigenvalue weighted by molar-refractivity contribution is -0.672. The number of likely N-dealkylation sites (N-methyl/N-ethyl adjacent to an activating group) is 1. The van der Waals surface area contributed by atoms with Gasteiger partial charge in [-0.05, 0) is 19.1 Å². The number of nitrogens with one attached hydrogen (secondary N) is 2. The van der Waals surface area contributed by atoms with E-state index in [9.17, 15) is 9.59 Å². The standard InChI is InChI=1S/C18H21N3O2/c1-13-8-10-15(11-9-13)21-18(23)17(20-12-16(22)19-2)14-6-4-3-5-7-14/h3-11,17,20H,12H2,1-2H3,(H,19,22)(H,21,23)/p+1/t17-/m0/s1. The number of carbonyl (C=O) groups excluding carboxylic acids is 2. The molecule has 23 heavy (non-hydrogen) atoms. The molecule has 2 aromatic rings. The maximum absolute atomic E-state index is 12.6. The van der Waals surface area contributed by atoms with Crippen molar-refractivity contribution in [3.05, 3.63) is 65.7 Å². The Balaban J connectivity index is 2.13. The highest BCUT2D eigenvalue weighted by Crippen LogP contribution is 2.13. The Morgan fingerprint density at radius 3 is 2.30 bits per heavy atom. The van der Waals surface area contributed by atoms with Crippen LogP contribution in [0.1, 0.15) is 17.2 Å². The average molecular weight is 312 g/mol. The summed E-state index contributed by atoms with van der Waals surface area (Å²) in [4.78, 5) is 24.1. The molecule has 5 heteroatoms. The summed E-state index contributed by atoms with van der Waals surface area (Å²) < 4.78 is 0. The summed E-state index contributed by atoms with van der Waals surface area (Å²) in [7, 11) is 1.58. The van der Waals surface area contributed by atoms with Crippen LogP contribution in [-0.4, -0.2) is 25.4 Å². The van der Waals surface area contributed by atoms with Gasteiger partial charge >= 0.3 is 0 Å². The molecule has 0 bridgehead atoms.